The number of methoxy groups -OCH3 is 3. The van der Waals surface area contributed by atoms with Crippen molar-refractivity contribution in [2.45, 2.75) is 173 Å². The van der Waals surface area contributed by atoms with E-state index in [1.54, 1.807) is 21.0 Å². The summed E-state index contributed by atoms with van der Waals surface area (Å²) in [5.74, 6) is -7.66. The fraction of sp³-hybridized carbons (Fsp3) is 0.720. The van der Waals surface area contributed by atoms with Crippen LogP contribution in [-0.2, 0) is 49.3 Å². The second-order valence-corrected chi connectivity index (χ2v) is 19.3. The van der Waals surface area contributed by atoms with Gasteiger partial charge in [-0.25, -0.2) is 4.79 Å². The minimum Gasteiger partial charge on any atom is -0.456 e. The molecule has 1 saturated carbocycles. The number of carbonyl (C=O) groups excluding carboxylic acids is 4. The Morgan fingerprint density at radius 2 is 1.60 bits per heavy atom. The molecule has 13 heteroatoms. The molecule has 4 aliphatic rings. The van der Waals surface area contributed by atoms with Crippen LogP contribution < -0.4 is 0 Å². The normalized spacial score (nSPS) is 39.4. The second-order valence-electron chi connectivity index (χ2n) is 19.3. The van der Waals surface area contributed by atoms with E-state index in [0.29, 0.717) is 63.4 Å². The standard InChI is InChI=1S/C50H75NO12/c1-10-37-23-30(2)22-31(3)24-41(59-7)45-42(60-8)26-33(5)50(58,63-45)46(54)47(55)51-21-15-14-18-38(51)48(56)62-44(34(6)39(52)28-40(37)53)32(4)25-36-19-20-49(57,43(27-36)61-9)29-35-16-12-11-13-17-35/h11-13,16-17,23,25,31,33-34,36-39,41-45,52,57-58H,10,14-15,18-22,24,26-29H2,1-9H3/b30-23+,32-25?. The molecule has 3 fully saturated rings. The maximum Gasteiger partial charge on any atom is 0.329 e. The SMILES string of the molecule is CCC1/C=C(\C)CC(C)CC(OC)C2OC(O)(C(=O)C(=O)N3CCCCC3C(=O)OC(C(C)=CC3CCC(O)(Cc4ccccc4)C(OC)C3)C(C)C(O)CC1=O)C(C)CC2OC. The number of fused-ring (bicyclic) bond motifs is 3. The van der Waals surface area contributed by atoms with Crippen LogP contribution in [0.25, 0.3) is 0 Å². The lowest BCUT2D eigenvalue weighted by molar-refractivity contribution is -0.302. The van der Waals surface area contributed by atoms with Crippen molar-refractivity contribution in [1.82, 2.24) is 4.90 Å². The van der Waals surface area contributed by atoms with Gasteiger partial charge in [0, 0.05) is 58.5 Å². The van der Waals surface area contributed by atoms with Crippen LogP contribution in [0.3, 0.4) is 0 Å². The number of ether oxygens (including phenoxy) is 5. The molecule has 1 aromatic carbocycles. The second kappa shape index (κ2) is 22.3. The van der Waals surface area contributed by atoms with E-state index in [1.807, 2.05) is 63.3 Å². The van der Waals surface area contributed by atoms with E-state index in [4.69, 9.17) is 23.7 Å². The number of aliphatic hydroxyl groups is 3. The minimum absolute atomic E-state index is 0.0261. The molecule has 352 valence electrons. The highest BCUT2D eigenvalue weighted by atomic mass is 16.7. The number of hydrogen-bond acceptors (Lipinski definition) is 12. The van der Waals surface area contributed by atoms with Crippen molar-refractivity contribution in [2.24, 2.45) is 29.6 Å². The lowest BCUT2D eigenvalue weighted by Crippen LogP contribution is -2.64. The summed E-state index contributed by atoms with van der Waals surface area (Å²) >= 11 is 0. The molecular formula is C50H75NO12. The first kappa shape index (κ1) is 50.7. The quantitative estimate of drug-likeness (QED) is 0.156. The lowest BCUT2D eigenvalue weighted by atomic mass is 9.73. The van der Waals surface area contributed by atoms with E-state index in [-0.39, 0.29) is 43.4 Å². The van der Waals surface area contributed by atoms with Crippen molar-refractivity contribution >= 4 is 23.4 Å². The van der Waals surface area contributed by atoms with Crippen LogP contribution in [0.1, 0.15) is 118 Å². The molecule has 14 unspecified atom stereocenters. The molecule has 2 bridgehead atoms. The zero-order chi connectivity index (χ0) is 46.2. The molecule has 0 radical (unpaired) electrons. The maximum absolute atomic E-state index is 14.5. The number of aliphatic hydroxyl groups excluding tert-OH is 1. The van der Waals surface area contributed by atoms with Gasteiger partial charge in [0.2, 0.25) is 5.79 Å². The zero-order valence-corrected chi connectivity index (χ0v) is 39.1. The van der Waals surface area contributed by atoms with E-state index < -0.39 is 89.5 Å². The summed E-state index contributed by atoms with van der Waals surface area (Å²) in [6, 6.07) is 8.66. The van der Waals surface area contributed by atoms with Gasteiger partial charge in [0.05, 0.1) is 30.0 Å². The monoisotopic (exact) mass is 882 g/mol. The average Bonchev–Trinajstić information content (AvgIpc) is 3.26. The Hall–Kier alpha value is -3.30. The number of ketones is 2. The summed E-state index contributed by atoms with van der Waals surface area (Å²) in [5, 5.41) is 35.8. The summed E-state index contributed by atoms with van der Waals surface area (Å²) in [6.07, 6.45) is 4.31. The van der Waals surface area contributed by atoms with E-state index >= 15 is 0 Å². The highest BCUT2D eigenvalue weighted by Crippen LogP contribution is 2.41. The third-order valence-electron chi connectivity index (χ3n) is 14.5. The maximum atomic E-state index is 14.5. The average molecular weight is 882 g/mol. The topological polar surface area (TPSA) is 178 Å². The van der Waals surface area contributed by atoms with Gasteiger partial charge in [-0.15, -0.1) is 0 Å². The Bertz CT molecular complexity index is 1780. The Morgan fingerprint density at radius 1 is 0.921 bits per heavy atom. The summed E-state index contributed by atoms with van der Waals surface area (Å²) < 4.78 is 30.3. The molecule has 5 rings (SSSR count). The summed E-state index contributed by atoms with van der Waals surface area (Å²) in [4.78, 5) is 58.3. The number of cyclic esters (lactones) is 1. The van der Waals surface area contributed by atoms with Crippen LogP contribution >= 0.6 is 0 Å². The number of benzene rings is 1. The van der Waals surface area contributed by atoms with E-state index in [1.165, 1.54) is 19.1 Å². The molecule has 3 aliphatic heterocycles. The molecule has 0 aromatic heterocycles. The van der Waals surface area contributed by atoms with Crippen molar-refractivity contribution in [1.29, 1.82) is 0 Å². The molecule has 3 N–H and O–H groups in total. The van der Waals surface area contributed by atoms with Crippen molar-refractivity contribution in [3.8, 4) is 0 Å². The molecule has 13 nitrogen and oxygen atoms in total. The molecule has 1 aromatic rings. The van der Waals surface area contributed by atoms with Crippen LogP contribution in [0.15, 0.2) is 53.6 Å². The summed E-state index contributed by atoms with van der Waals surface area (Å²) in [5.41, 5.74) is 1.57. The summed E-state index contributed by atoms with van der Waals surface area (Å²) in [7, 11) is 4.67. The number of carbonyl (C=O) groups is 4. The highest BCUT2D eigenvalue weighted by Gasteiger charge is 2.56. The molecule has 63 heavy (non-hydrogen) atoms. The number of allylic oxidation sites excluding steroid dienone is 3. The third kappa shape index (κ3) is 11.9. The fourth-order valence-electron chi connectivity index (χ4n) is 10.7. The minimum atomic E-state index is -2.51. The van der Waals surface area contributed by atoms with Gasteiger partial charge in [-0.1, -0.05) is 75.8 Å². The Balaban J connectivity index is 1.50. The Morgan fingerprint density at radius 3 is 2.25 bits per heavy atom. The highest BCUT2D eigenvalue weighted by molar-refractivity contribution is 6.39. The number of esters is 1. The summed E-state index contributed by atoms with van der Waals surface area (Å²) in [6.45, 7) is 11.3. The van der Waals surface area contributed by atoms with Gasteiger partial charge in [0.15, 0.2) is 0 Å². The van der Waals surface area contributed by atoms with Gasteiger partial charge in [-0.2, -0.15) is 0 Å². The number of nitrogens with zero attached hydrogens (tertiary/aromatic N) is 1. The van der Waals surface area contributed by atoms with Crippen LogP contribution in [0, 0.1) is 29.6 Å². The molecule has 2 saturated heterocycles. The predicted molar refractivity (Wildman–Crippen MR) is 237 cm³/mol. The van der Waals surface area contributed by atoms with Crippen LogP contribution in [0.4, 0.5) is 0 Å². The van der Waals surface area contributed by atoms with Gasteiger partial charge in [-0.3, -0.25) is 14.4 Å². The Kier molecular flexibility index (Phi) is 17.9. The molecule has 1 amide bonds. The van der Waals surface area contributed by atoms with Gasteiger partial charge in [-0.05, 0) is 101 Å². The first-order valence-electron chi connectivity index (χ1n) is 23.3. The van der Waals surface area contributed by atoms with Crippen molar-refractivity contribution in [3.63, 3.8) is 0 Å². The number of amides is 1. The van der Waals surface area contributed by atoms with Crippen LogP contribution in [0.2, 0.25) is 0 Å². The lowest BCUT2D eigenvalue weighted by Gasteiger charge is -2.47. The van der Waals surface area contributed by atoms with Gasteiger partial charge >= 0.3 is 5.97 Å². The van der Waals surface area contributed by atoms with Crippen LogP contribution in [-0.4, -0.2) is 126 Å². The number of Topliss-reactive ketones (excluding diaryl/α,β-unsaturated/α-hetero) is 2. The van der Waals surface area contributed by atoms with Crippen molar-refractivity contribution < 1.29 is 58.2 Å². The smallest absolute Gasteiger partial charge is 0.329 e. The van der Waals surface area contributed by atoms with E-state index in [9.17, 15) is 34.5 Å². The molecule has 1 aliphatic carbocycles. The van der Waals surface area contributed by atoms with Gasteiger partial charge < -0.3 is 43.9 Å². The van der Waals surface area contributed by atoms with Gasteiger partial charge in [0.25, 0.3) is 11.7 Å². The first-order chi connectivity index (χ1) is 29.9. The third-order valence-corrected chi connectivity index (χ3v) is 14.5. The predicted octanol–water partition coefficient (Wildman–Crippen LogP) is 6.09. The number of hydrogen-bond donors (Lipinski definition) is 3. The van der Waals surface area contributed by atoms with E-state index in [0.717, 1.165) is 11.1 Å². The number of rotatable bonds is 8. The number of piperidine rings is 1. The fourth-order valence-corrected chi connectivity index (χ4v) is 10.7. The zero-order valence-electron chi connectivity index (χ0n) is 39.1. The first-order valence-corrected chi connectivity index (χ1v) is 23.3. The van der Waals surface area contributed by atoms with Crippen LogP contribution in [0.5, 0.6) is 0 Å². The van der Waals surface area contributed by atoms with Crippen molar-refractivity contribution in [2.75, 3.05) is 27.9 Å². The Labute approximate surface area is 374 Å². The molecular weight excluding hydrogens is 807 g/mol. The molecule has 3 heterocycles. The largest absolute Gasteiger partial charge is 0.456 e. The molecule has 0 spiro atoms. The van der Waals surface area contributed by atoms with Gasteiger partial charge in [0.1, 0.15) is 24.0 Å². The molecule has 14 atom stereocenters. The van der Waals surface area contributed by atoms with Crippen molar-refractivity contribution in [3.05, 3.63) is 59.2 Å². The van der Waals surface area contributed by atoms with E-state index in [2.05, 4.69) is 6.92 Å².